The maximum Gasteiger partial charge on any atom is 0.253 e. The van der Waals surface area contributed by atoms with Crippen molar-refractivity contribution in [3.8, 4) is 0 Å². The van der Waals surface area contributed by atoms with Crippen LogP contribution in [0.3, 0.4) is 0 Å². The fourth-order valence-corrected chi connectivity index (χ4v) is 3.81. The third kappa shape index (κ3) is 4.63. The zero-order valence-corrected chi connectivity index (χ0v) is 16.3. The second-order valence-electron chi connectivity index (χ2n) is 6.88. The van der Waals surface area contributed by atoms with Gasteiger partial charge in [0.25, 0.3) is 5.91 Å². The van der Waals surface area contributed by atoms with Crippen molar-refractivity contribution in [2.45, 2.75) is 25.7 Å². The number of carbonyl (C=O) groups is 3. The van der Waals surface area contributed by atoms with Gasteiger partial charge in [0.2, 0.25) is 11.8 Å². The monoisotopic (exact) mass is 421 g/mol. The van der Waals surface area contributed by atoms with Crippen molar-refractivity contribution >= 4 is 33.7 Å². The number of hydrogen-bond acceptors (Lipinski definition) is 3. The summed E-state index contributed by atoms with van der Waals surface area (Å²) in [7, 11) is 0. The molecule has 1 aromatic rings. The average molecular weight is 422 g/mol. The Morgan fingerprint density at radius 2 is 1.54 bits per heavy atom. The fourth-order valence-electron chi connectivity index (χ4n) is 3.54. The smallest absolute Gasteiger partial charge is 0.253 e. The lowest BCUT2D eigenvalue weighted by atomic mass is 10.1. The molecule has 1 aliphatic carbocycles. The van der Waals surface area contributed by atoms with E-state index >= 15 is 0 Å². The van der Waals surface area contributed by atoms with Crippen molar-refractivity contribution in [3.05, 3.63) is 34.3 Å². The molecule has 1 saturated carbocycles. The van der Waals surface area contributed by atoms with Crippen LogP contribution in [-0.4, -0.2) is 60.2 Å². The Morgan fingerprint density at radius 3 is 2.15 bits per heavy atom. The second-order valence-corrected chi connectivity index (χ2v) is 7.79. The highest BCUT2D eigenvalue weighted by molar-refractivity contribution is 9.10. The zero-order chi connectivity index (χ0) is 18.5. The molecule has 140 valence electrons. The maximum atomic E-state index is 12.5. The van der Waals surface area contributed by atoms with Gasteiger partial charge in [0.05, 0.1) is 6.54 Å². The Hall–Kier alpha value is -1.89. The third-order valence-electron chi connectivity index (χ3n) is 5.15. The number of halogens is 1. The molecule has 3 amide bonds. The van der Waals surface area contributed by atoms with E-state index in [-0.39, 0.29) is 30.2 Å². The molecule has 0 atom stereocenters. The summed E-state index contributed by atoms with van der Waals surface area (Å²) < 4.78 is 0.934. The van der Waals surface area contributed by atoms with Crippen molar-refractivity contribution in [2.75, 3.05) is 32.7 Å². The number of nitrogens with one attached hydrogen (secondary N) is 1. The number of hydrogen-bond donors (Lipinski definition) is 1. The molecule has 2 fully saturated rings. The fraction of sp³-hybridized carbons (Fsp3) is 0.526. The molecule has 2 aliphatic rings. The lowest BCUT2D eigenvalue weighted by Gasteiger charge is -2.35. The molecule has 1 heterocycles. The summed E-state index contributed by atoms with van der Waals surface area (Å²) in [6.07, 6.45) is 4.05. The van der Waals surface area contributed by atoms with Gasteiger partial charge < -0.3 is 15.1 Å². The number of nitrogens with zero attached hydrogens (tertiary/aromatic N) is 2. The number of piperazine rings is 1. The molecule has 1 saturated heterocycles. The molecule has 1 N–H and O–H groups in total. The molecular weight excluding hydrogens is 398 g/mol. The molecule has 0 radical (unpaired) electrons. The number of amides is 3. The minimum Gasteiger partial charge on any atom is -0.347 e. The summed E-state index contributed by atoms with van der Waals surface area (Å²) in [5.74, 6) is -0.0192. The normalized spacial score (nSPS) is 18.0. The predicted octanol–water partition coefficient (Wildman–Crippen LogP) is 2.04. The van der Waals surface area contributed by atoms with Crippen LogP contribution in [0.4, 0.5) is 0 Å². The lowest BCUT2D eigenvalue weighted by molar-refractivity contribution is -0.134. The highest BCUT2D eigenvalue weighted by Crippen LogP contribution is 2.24. The van der Waals surface area contributed by atoms with Gasteiger partial charge in [-0.25, -0.2) is 0 Å². The Kier molecular flexibility index (Phi) is 6.29. The van der Waals surface area contributed by atoms with Gasteiger partial charge in [-0.1, -0.05) is 28.8 Å². The van der Waals surface area contributed by atoms with Crippen molar-refractivity contribution in [1.82, 2.24) is 15.1 Å². The largest absolute Gasteiger partial charge is 0.347 e. The SMILES string of the molecule is O=C(NCC(=O)N1CCN(C(=O)c2ccc(Br)cc2)CC1)C1CCCC1. The summed E-state index contributed by atoms with van der Waals surface area (Å²) in [6, 6.07) is 7.28. The van der Waals surface area contributed by atoms with Gasteiger partial charge in [0.15, 0.2) is 0 Å². The quantitative estimate of drug-likeness (QED) is 0.808. The van der Waals surface area contributed by atoms with Crippen LogP contribution >= 0.6 is 15.9 Å². The van der Waals surface area contributed by atoms with Crippen LogP contribution in [-0.2, 0) is 9.59 Å². The predicted molar refractivity (Wildman–Crippen MR) is 102 cm³/mol. The Labute approximate surface area is 162 Å². The minimum absolute atomic E-state index is 0.0000906. The van der Waals surface area contributed by atoms with E-state index in [1.54, 1.807) is 21.9 Å². The van der Waals surface area contributed by atoms with Gasteiger partial charge in [-0.2, -0.15) is 0 Å². The zero-order valence-electron chi connectivity index (χ0n) is 14.7. The molecular formula is C19H24BrN3O3. The van der Waals surface area contributed by atoms with Crippen LogP contribution in [0.15, 0.2) is 28.7 Å². The van der Waals surface area contributed by atoms with Gasteiger partial charge in [-0.3, -0.25) is 14.4 Å². The van der Waals surface area contributed by atoms with E-state index in [1.807, 2.05) is 12.1 Å². The summed E-state index contributed by atoms with van der Waals surface area (Å²) >= 11 is 3.36. The molecule has 1 aliphatic heterocycles. The molecule has 1 aromatic carbocycles. The molecule has 26 heavy (non-hydrogen) atoms. The van der Waals surface area contributed by atoms with Gasteiger partial charge >= 0.3 is 0 Å². The van der Waals surface area contributed by atoms with Crippen molar-refractivity contribution in [3.63, 3.8) is 0 Å². The molecule has 3 rings (SSSR count). The van der Waals surface area contributed by atoms with Crippen LogP contribution in [0, 0.1) is 5.92 Å². The Morgan fingerprint density at radius 1 is 0.962 bits per heavy atom. The molecule has 6 nitrogen and oxygen atoms in total. The van der Waals surface area contributed by atoms with E-state index in [2.05, 4.69) is 21.2 Å². The molecule has 7 heteroatoms. The summed E-state index contributed by atoms with van der Waals surface area (Å²) in [4.78, 5) is 40.3. The van der Waals surface area contributed by atoms with E-state index in [0.717, 1.165) is 30.2 Å². The van der Waals surface area contributed by atoms with E-state index in [4.69, 9.17) is 0 Å². The summed E-state index contributed by atoms with van der Waals surface area (Å²) in [5, 5.41) is 2.77. The number of benzene rings is 1. The first-order valence-electron chi connectivity index (χ1n) is 9.15. The van der Waals surface area contributed by atoms with Crippen molar-refractivity contribution in [1.29, 1.82) is 0 Å². The van der Waals surface area contributed by atoms with Gasteiger partial charge in [0, 0.05) is 42.1 Å². The van der Waals surface area contributed by atoms with Crippen LogP contribution in [0.1, 0.15) is 36.0 Å². The Bertz CT molecular complexity index is 663. The van der Waals surface area contributed by atoms with E-state index in [1.165, 1.54) is 0 Å². The average Bonchev–Trinajstić information content (AvgIpc) is 3.21. The molecule has 0 spiro atoms. The molecule has 0 unspecified atom stereocenters. The first-order chi connectivity index (χ1) is 12.5. The maximum absolute atomic E-state index is 12.5. The first kappa shape index (κ1) is 18.9. The van der Waals surface area contributed by atoms with Gasteiger partial charge in [-0.05, 0) is 37.1 Å². The minimum atomic E-state index is -0.0768. The van der Waals surface area contributed by atoms with Gasteiger partial charge in [-0.15, -0.1) is 0 Å². The van der Waals surface area contributed by atoms with E-state index in [9.17, 15) is 14.4 Å². The third-order valence-corrected chi connectivity index (χ3v) is 5.68. The van der Waals surface area contributed by atoms with Crippen LogP contribution < -0.4 is 5.32 Å². The first-order valence-corrected chi connectivity index (χ1v) is 9.94. The highest BCUT2D eigenvalue weighted by Gasteiger charge is 2.26. The van der Waals surface area contributed by atoms with Gasteiger partial charge in [0.1, 0.15) is 0 Å². The lowest BCUT2D eigenvalue weighted by Crippen LogP contribution is -2.52. The Balaban J connectivity index is 1.44. The second kappa shape index (κ2) is 8.66. The summed E-state index contributed by atoms with van der Waals surface area (Å²) in [6.45, 7) is 2.07. The van der Waals surface area contributed by atoms with Crippen LogP contribution in [0.25, 0.3) is 0 Å². The summed E-state index contributed by atoms with van der Waals surface area (Å²) in [5.41, 5.74) is 0.650. The van der Waals surface area contributed by atoms with Crippen LogP contribution in [0.2, 0.25) is 0 Å². The van der Waals surface area contributed by atoms with E-state index in [0.29, 0.717) is 31.7 Å². The molecule has 0 bridgehead atoms. The van der Waals surface area contributed by atoms with Crippen molar-refractivity contribution in [2.24, 2.45) is 5.92 Å². The van der Waals surface area contributed by atoms with Crippen LogP contribution in [0.5, 0.6) is 0 Å². The standard InChI is InChI=1S/C19H24BrN3O3/c20-16-7-5-15(6-8-16)19(26)23-11-9-22(10-12-23)17(24)13-21-18(25)14-3-1-2-4-14/h5-8,14H,1-4,9-13H2,(H,21,25). The molecule has 0 aromatic heterocycles. The number of carbonyl (C=O) groups excluding carboxylic acids is 3. The number of rotatable bonds is 4. The highest BCUT2D eigenvalue weighted by atomic mass is 79.9. The topological polar surface area (TPSA) is 69.7 Å². The van der Waals surface area contributed by atoms with Crippen molar-refractivity contribution < 1.29 is 14.4 Å². The van der Waals surface area contributed by atoms with E-state index < -0.39 is 0 Å².